The van der Waals surface area contributed by atoms with Crippen LogP contribution in [0.1, 0.15) is 38.3 Å². The van der Waals surface area contributed by atoms with Gasteiger partial charge in [0.15, 0.2) is 5.96 Å². The van der Waals surface area contributed by atoms with E-state index in [-0.39, 0.29) is 42.0 Å². The molecular weight excluding hydrogens is 443 g/mol. The Morgan fingerprint density at radius 2 is 1.77 bits per heavy atom. The molecule has 7 heteroatoms. The molecule has 0 aromatic heterocycles. The number of nitrogens with zero attached hydrogens (tertiary/aromatic N) is 1. The van der Waals surface area contributed by atoms with E-state index in [2.05, 4.69) is 46.9 Å². The molecule has 0 bridgehead atoms. The maximum absolute atomic E-state index is 11.8. The van der Waals surface area contributed by atoms with Crippen molar-refractivity contribution in [3.8, 4) is 5.75 Å². The molecule has 0 radical (unpaired) electrons. The van der Waals surface area contributed by atoms with E-state index in [9.17, 15) is 4.79 Å². The molecule has 0 aliphatic heterocycles. The summed E-state index contributed by atoms with van der Waals surface area (Å²) in [5.41, 5.74) is 2.06. The second kappa shape index (κ2) is 12.0. The first-order chi connectivity index (χ1) is 11.7. The van der Waals surface area contributed by atoms with Gasteiger partial charge in [-0.1, -0.05) is 18.2 Å². The number of rotatable bonds is 7. The Morgan fingerprint density at radius 1 is 1.15 bits per heavy atom. The van der Waals surface area contributed by atoms with Crippen molar-refractivity contribution in [2.75, 3.05) is 26.7 Å². The van der Waals surface area contributed by atoms with Crippen LogP contribution in [0.15, 0.2) is 23.2 Å². The molecule has 0 spiro atoms. The van der Waals surface area contributed by atoms with Crippen LogP contribution in [0.5, 0.6) is 5.75 Å². The lowest BCUT2D eigenvalue weighted by molar-refractivity contribution is -0.121. The fourth-order valence-corrected chi connectivity index (χ4v) is 2.33. The summed E-state index contributed by atoms with van der Waals surface area (Å²) in [6.07, 6.45) is 0.836. The number of amides is 1. The Balaban J connectivity index is 0.00000625. The molecule has 148 valence electrons. The minimum absolute atomic E-state index is 0. The van der Waals surface area contributed by atoms with Gasteiger partial charge in [-0.25, -0.2) is 0 Å². The summed E-state index contributed by atoms with van der Waals surface area (Å²) in [5, 5.41) is 9.09. The number of hydrogen-bond acceptors (Lipinski definition) is 3. The van der Waals surface area contributed by atoms with Crippen LogP contribution in [0, 0.1) is 13.8 Å². The highest BCUT2D eigenvalue weighted by molar-refractivity contribution is 14.0. The maximum Gasteiger partial charge on any atom is 0.239 e. The SMILES string of the molecule is CN=C(NCCCOc1c(C)cccc1C)NCC(=O)NC(C)(C)C.I. The number of aliphatic imine (C=N–C) groups is 1. The Labute approximate surface area is 174 Å². The third-order valence-corrected chi connectivity index (χ3v) is 3.42. The largest absolute Gasteiger partial charge is 0.493 e. The highest BCUT2D eigenvalue weighted by atomic mass is 127. The van der Waals surface area contributed by atoms with Gasteiger partial charge in [0.25, 0.3) is 0 Å². The molecule has 1 amide bonds. The molecule has 1 aromatic carbocycles. The first kappa shape index (κ1) is 24.5. The molecule has 0 saturated heterocycles. The molecule has 26 heavy (non-hydrogen) atoms. The van der Waals surface area contributed by atoms with E-state index >= 15 is 0 Å². The summed E-state index contributed by atoms with van der Waals surface area (Å²) in [5.74, 6) is 1.51. The van der Waals surface area contributed by atoms with Crippen molar-refractivity contribution in [2.45, 2.75) is 46.6 Å². The monoisotopic (exact) mass is 476 g/mol. The highest BCUT2D eigenvalue weighted by Gasteiger charge is 2.13. The average molecular weight is 476 g/mol. The van der Waals surface area contributed by atoms with Crippen molar-refractivity contribution in [3.63, 3.8) is 0 Å². The highest BCUT2D eigenvalue weighted by Crippen LogP contribution is 2.22. The summed E-state index contributed by atoms with van der Waals surface area (Å²) < 4.78 is 5.87. The van der Waals surface area contributed by atoms with Crippen LogP contribution in [-0.4, -0.2) is 44.1 Å². The number of carbonyl (C=O) groups excluding carboxylic acids is 1. The van der Waals surface area contributed by atoms with Crippen molar-refractivity contribution in [1.82, 2.24) is 16.0 Å². The van der Waals surface area contributed by atoms with Crippen LogP contribution < -0.4 is 20.7 Å². The number of ether oxygens (including phenoxy) is 1. The lowest BCUT2D eigenvalue weighted by atomic mass is 10.1. The fourth-order valence-electron chi connectivity index (χ4n) is 2.33. The first-order valence-corrected chi connectivity index (χ1v) is 8.67. The van der Waals surface area contributed by atoms with Crippen molar-refractivity contribution >= 4 is 35.8 Å². The predicted molar refractivity (Wildman–Crippen MR) is 119 cm³/mol. The average Bonchev–Trinajstić information content (AvgIpc) is 2.50. The Kier molecular flexibility index (Phi) is 11.3. The Morgan fingerprint density at radius 3 is 2.31 bits per heavy atom. The van der Waals surface area contributed by atoms with E-state index in [0.29, 0.717) is 19.1 Å². The Hall–Kier alpha value is -1.51. The van der Waals surface area contributed by atoms with Gasteiger partial charge >= 0.3 is 0 Å². The van der Waals surface area contributed by atoms with Gasteiger partial charge in [-0.2, -0.15) is 0 Å². The number of para-hydroxylation sites is 1. The van der Waals surface area contributed by atoms with Crippen molar-refractivity contribution in [3.05, 3.63) is 29.3 Å². The molecule has 0 heterocycles. The van der Waals surface area contributed by atoms with E-state index in [1.165, 1.54) is 0 Å². The zero-order valence-corrected chi connectivity index (χ0v) is 19.1. The minimum Gasteiger partial charge on any atom is -0.493 e. The fraction of sp³-hybridized carbons (Fsp3) is 0.579. The van der Waals surface area contributed by atoms with Crippen molar-refractivity contribution in [1.29, 1.82) is 0 Å². The van der Waals surface area contributed by atoms with Gasteiger partial charge in [0, 0.05) is 19.1 Å². The summed E-state index contributed by atoms with van der Waals surface area (Å²) in [7, 11) is 1.68. The van der Waals surface area contributed by atoms with E-state index in [1.807, 2.05) is 26.8 Å². The number of carbonyl (C=O) groups is 1. The van der Waals surface area contributed by atoms with Gasteiger partial charge in [0.1, 0.15) is 5.75 Å². The molecule has 0 saturated carbocycles. The summed E-state index contributed by atoms with van der Waals surface area (Å²) in [4.78, 5) is 15.9. The number of benzene rings is 1. The van der Waals surface area contributed by atoms with E-state index in [1.54, 1.807) is 7.05 Å². The lowest BCUT2D eigenvalue weighted by Gasteiger charge is -2.21. The van der Waals surface area contributed by atoms with Gasteiger partial charge in [-0.05, 0) is 52.2 Å². The maximum atomic E-state index is 11.8. The summed E-state index contributed by atoms with van der Waals surface area (Å²) in [6.45, 7) is 11.5. The van der Waals surface area contributed by atoms with E-state index in [0.717, 1.165) is 23.3 Å². The molecule has 0 fully saturated rings. The lowest BCUT2D eigenvalue weighted by Crippen LogP contribution is -2.48. The standard InChI is InChI=1S/C19H32N4O2.HI/c1-14-9-7-10-15(2)17(14)25-12-8-11-21-18(20-6)22-13-16(24)23-19(3,4)5;/h7,9-10H,8,11-13H2,1-6H3,(H,23,24)(H2,20,21,22);1H. The van der Waals surface area contributed by atoms with E-state index in [4.69, 9.17) is 4.74 Å². The normalized spacial score (nSPS) is 11.4. The molecule has 6 nitrogen and oxygen atoms in total. The number of halogens is 1. The van der Waals surface area contributed by atoms with Gasteiger partial charge in [0.2, 0.25) is 5.91 Å². The summed E-state index contributed by atoms with van der Waals surface area (Å²) in [6, 6.07) is 6.13. The quantitative estimate of drug-likeness (QED) is 0.245. The van der Waals surface area contributed by atoms with Crippen LogP contribution in [0.25, 0.3) is 0 Å². The summed E-state index contributed by atoms with van der Waals surface area (Å²) >= 11 is 0. The van der Waals surface area contributed by atoms with Crippen LogP contribution in [0.2, 0.25) is 0 Å². The molecule has 1 rings (SSSR count). The van der Waals surface area contributed by atoms with Gasteiger partial charge in [-0.3, -0.25) is 9.79 Å². The zero-order chi connectivity index (χ0) is 18.9. The predicted octanol–water partition coefficient (Wildman–Crippen LogP) is 2.77. The van der Waals surface area contributed by atoms with Crippen LogP contribution in [0.4, 0.5) is 0 Å². The number of guanidine groups is 1. The third-order valence-electron chi connectivity index (χ3n) is 3.42. The molecule has 3 N–H and O–H groups in total. The molecule has 0 aliphatic carbocycles. The molecular formula is C19H33IN4O2. The zero-order valence-electron chi connectivity index (χ0n) is 16.7. The second-order valence-corrected chi connectivity index (χ2v) is 7.07. The number of aryl methyl sites for hydroxylation is 2. The minimum atomic E-state index is -0.235. The first-order valence-electron chi connectivity index (χ1n) is 8.67. The molecule has 0 atom stereocenters. The Bertz CT molecular complexity index is 577. The van der Waals surface area contributed by atoms with Gasteiger partial charge in [-0.15, -0.1) is 24.0 Å². The number of nitrogens with one attached hydrogen (secondary N) is 3. The van der Waals surface area contributed by atoms with E-state index < -0.39 is 0 Å². The molecule has 1 aromatic rings. The number of hydrogen-bond donors (Lipinski definition) is 3. The van der Waals surface area contributed by atoms with Crippen molar-refractivity contribution < 1.29 is 9.53 Å². The van der Waals surface area contributed by atoms with Crippen LogP contribution in [0.3, 0.4) is 0 Å². The molecule has 0 aliphatic rings. The topological polar surface area (TPSA) is 74.8 Å². The van der Waals surface area contributed by atoms with Crippen molar-refractivity contribution in [2.24, 2.45) is 4.99 Å². The second-order valence-electron chi connectivity index (χ2n) is 7.07. The van der Waals surface area contributed by atoms with Gasteiger partial charge < -0.3 is 20.7 Å². The van der Waals surface area contributed by atoms with Crippen LogP contribution >= 0.6 is 24.0 Å². The van der Waals surface area contributed by atoms with Gasteiger partial charge in [0.05, 0.1) is 13.2 Å². The third kappa shape index (κ3) is 9.84. The van der Waals surface area contributed by atoms with Crippen LogP contribution in [-0.2, 0) is 4.79 Å². The smallest absolute Gasteiger partial charge is 0.239 e. The molecule has 0 unspecified atom stereocenters.